The molecule has 0 radical (unpaired) electrons. The van der Waals surface area contributed by atoms with Gasteiger partial charge in [0.25, 0.3) is 0 Å². The van der Waals surface area contributed by atoms with Crippen LogP contribution >= 0.6 is 0 Å². The Morgan fingerprint density at radius 3 is 2.55 bits per heavy atom. The largest absolute Gasteiger partial charge is 0.497 e. The van der Waals surface area contributed by atoms with Crippen molar-refractivity contribution in [2.75, 3.05) is 27.2 Å². The molecule has 1 rings (SSSR count). The Balaban J connectivity index is 2.57. The maximum Gasteiger partial charge on any atom is 0.221 e. The van der Waals surface area contributed by atoms with Gasteiger partial charge in [0, 0.05) is 32.1 Å². The highest BCUT2D eigenvalue weighted by molar-refractivity contribution is 5.76. The van der Waals surface area contributed by atoms with Crippen LogP contribution in [0.4, 0.5) is 0 Å². The van der Waals surface area contributed by atoms with Crippen molar-refractivity contribution >= 4 is 5.91 Å². The molecule has 0 bridgehead atoms. The average molecular weight is 279 g/mol. The van der Waals surface area contributed by atoms with E-state index in [0.29, 0.717) is 19.5 Å². The molecule has 0 aliphatic heterocycles. The highest BCUT2D eigenvalue weighted by Crippen LogP contribution is 2.14. The van der Waals surface area contributed by atoms with Crippen molar-refractivity contribution in [2.45, 2.75) is 25.9 Å². The molecule has 1 amide bonds. The van der Waals surface area contributed by atoms with Crippen LogP contribution in [0.15, 0.2) is 24.3 Å². The second-order valence-corrected chi connectivity index (χ2v) is 4.81. The molecule has 0 saturated heterocycles. The van der Waals surface area contributed by atoms with Crippen LogP contribution in [0.1, 0.15) is 18.9 Å². The summed E-state index contributed by atoms with van der Waals surface area (Å²) in [7, 11) is 3.64. The number of nitrogens with two attached hydrogens (primary N) is 1. The Kier molecular flexibility index (Phi) is 7.04. The quantitative estimate of drug-likeness (QED) is 0.744. The third-order valence-electron chi connectivity index (χ3n) is 3.28. The van der Waals surface area contributed by atoms with Crippen LogP contribution in [0.5, 0.6) is 5.75 Å². The molecule has 5 heteroatoms. The molecule has 1 aromatic rings. The van der Waals surface area contributed by atoms with E-state index in [1.165, 1.54) is 5.56 Å². The first-order valence-corrected chi connectivity index (χ1v) is 6.90. The third kappa shape index (κ3) is 5.19. The number of carbonyl (C=O) groups is 1. The SMILES string of the molecule is CCNC(=O)CC(CN)N(C)Cc1ccc(OC)cc1. The monoisotopic (exact) mass is 279 g/mol. The Bertz CT molecular complexity index is 406. The second-order valence-electron chi connectivity index (χ2n) is 4.81. The number of methoxy groups -OCH3 is 1. The van der Waals surface area contributed by atoms with Gasteiger partial charge in [0.1, 0.15) is 5.75 Å². The molecule has 0 aliphatic carbocycles. The lowest BCUT2D eigenvalue weighted by molar-refractivity contribution is -0.122. The first kappa shape index (κ1) is 16.5. The molecule has 112 valence electrons. The minimum Gasteiger partial charge on any atom is -0.497 e. The standard InChI is InChI=1S/C15H25N3O2/c1-4-17-15(19)9-13(10-16)18(2)11-12-5-7-14(20-3)8-6-12/h5-8,13H,4,9-11,16H2,1-3H3,(H,17,19). The van der Waals surface area contributed by atoms with E-state index < -0.39 is 0 Å². The summed E-state index contributed by atoms with van der Waals surface area (Å²) < 4.78 is 5.14. The van der Waals surface area contributed by atoms with Gasteiger partial charge in [-0.3, -0.25) is 9.69 Å². The predicted molar refractivity (Wildman–Crippen MR) is 80.6 cm³/mol. The maximum absolute atomic E-state index is 11.6. The lowest BCUT2D eigenvalue weighted by Gasteiger charge is -2.26. The zero-order chi connectivity index (χ0) is 15.0. The molecular formula is C15H25N3O2. The van der Waals surface area contributed by atoms with Gasteiger partial charge < -0.3 is 15.8 Å². The van der Waals surface area contributed by atoms with Crippen LogP contribution in [0.25, 0.3) is 0 Å². The molecule has 1 atom stereocenters. The number of hydrogen-bond donors (Lipinski definition) is 2. The lowest BCUT2D eigenvalue weighted by Crippen LogP contribution is -2.41. The molecule has 0 aromatic heterocycles. The van der Waals surface area contributed by atoms with Crippen LogP contribution in [-0.2, 0) is 11.3 Å². The fourth-order valence-electron chi connectivity index (χ4n) is 2.05. The summed E-state index contributed by atoms with van der Waals surface area (Å²) in [6.07, 6.45) is 0.428. The van der Waals surface area contributed by atoms with Crippen molar-refractivity contribution in [2.24, 2.45) is 5.73 Å². The van der Waals surface area contributed by atoms with Crippen LogP contribution in [-0.4, -0.2) is 44.1 Å². The Morgan fingerprint density at radius 1 is 1.40 bits per heavy atom. The minimum atomic E-state index is 0.0450. The van der Waals surface area contributed by atoms with E-state index in [2.05, 4.69) is 10.2 Å². The van der Waals surface area contributed by atoms with Gasteiger partial charge >= 0.3 is 0 Å². The highest BCUT2D eigenvalue weighted by Gasteiger charge is 2.17. The number of amides is 1. The summed E-state index contributed by atoms with van der Waals surface area (Å²) in [4.78, 5) is 13.8. The van der Waals surface area contributed by atoms with Gasteiger partial charge in [-0.05, 0) is 31.7 Å². The van der Waals surface area contributed by atoms with E-state index in [-0.39, 0.29) is 11.9 Å². The maximum atomic E-state index is 11.6. The van der Waals surface area contributed by atoms with Crippen molar-refractivity contribution in [3.8, 4) is 5.75 Å². The summed E-state index contributed by atoms with van der Waals surface area (Å²) in [6.45, 7) is 3.78. The Hall–Kier alpha value is -1.59. The van der Waals surface area contributed by atoms with Crippen LogP contribution in [0.3, 0.4) is 0 Å². The molecule has 1 unspecified atom stereocenters. The number of nitrogens with one attached hydrogen (secondary N) is 1. The number of nitrogens with zero attached hydrogens (tertiary/aromatic N) is 1. The number of carbonyl (C=O) groups excluding carboxylic acids is 1. The van der Waals surface area contributed by atoms with Crippen LogP contribution < -0.4 is 15.8 Å². The van der Waals surface area contributed by atoms with Gasteiger partial charge in [0.05, 0.1) is 7.11 Å². The van der Waals surface area contributed by atoms with E-state index in [1.54, 1.807) is 7.11 Å². The fraction of sp³-hybridized carbons (Fsp3) is 0.533. The number of likely N-dealkylation sites (N-methyl/N-ethyl adjacent to an activating group) is 1. The zero-order valence-corrected chi connectivity index (χ0v) is 12.6. The smallest absolute Gasteiger partial charge is 0.221 e. The molecule has 0 saturated carbocycles. The summed E-state index contributed by atoms with van der Waals surface area (Å²) >= 11 is 0. The molecule has 5 nitrogen and oxygen atoms in total. The molecule has 0 heterocycles. The normalized spacial score (nSPS) is 12.2. The number of benzene rings is 1. The Morgan fingerprint density at radius 2 is 2.05 bits per heavy atom. The molecular weight excluding hydrogens is 254 g/mol. The molecule has 0 aliphatic rings. The van der Waals surface area contributed by atoms with Crippen LogP contribution in [0.2, 0.25) is 0 Å². The molecule has 3 N–H and O–H groups in total. The highest BCUT2D eigenvalue weighted by atomic mass is 16.5. The van der Waals surface area contributed by atoms with Gasteiger partial charge in [0.15, 0.2) is 0 Å². The topological polar surface area (TPSA) is 67.6 Å². The second kappa shape index (κ2) is 8.55. The van der Waals surface area contributed by atoms with Crippen molar-refractivity contribution in [3.63, 3.8) is 0 Å². The van der Waals surface area contributed by atoms with Crippen molar-refractivity contribution < 1.29 is 9.53 Å². The summed E-state index contributed by atoms with van der Waals surface area (Å²) in [6, 6.07) is 7.96. The van der Waals surface area contributed by atoms with Crippen molar-refractivity contribution in [1.29, 1.82) is 0 Å². The molecule has 20 heavy (non-hydrogen) atoms. The third-order valence-corrected chi connectivity index (χ3v) is 3.28. The number of rotatable bonds is 8. The van der Waals surface area contributed by atoms with E-state index in [1.807, 2.05) is 38.2 Å². The fourth-order valence-corrected chi connectivity index (χ4v) is 2.05. The van der Waals surface area contributed by atoms with Gasteiger partial charge in [-0.15, -0.1) is 0 Å². The number of ether oxygens (including phenoxy) is 1. The van der Waals surface area contributed by atoms with Gasteiger partial charge in [0.2, 0.25) is 5.91 Å². The van der Waals surface area contributed by atoms with E-state index in [4.69, 9.17) is 10.5 Å². The molecule has 0 spiro atoms. The zero-order valence-electron chi connectivity index (χ0n) is 12.6. The first-order valence-electron chi connectivity index (χ1n) is 6.90. The van der Waals surface area contributed by atoms with Gasteiger partial charge in [-0.25, -0.2) is 0 Å². The van der Waals surface area contributed by atoms with Gasteiger partial charge in [-0.1, -0.05) is 12.1 Å². The minimum absolute atomic E-state index is 0.0450. The summed E-state index contributed by atoms with van der Waals surface area (Å²) in [5.74, 6) is 0.888. The van der Waals surface area contributed by atoms with Crippen molar-refractivity contribution in [3.05, 3.63) is 29.8 Å². The van der Waals surface area contributed by atoms with Crippen molar-refractivity contribution in [1.82, 2.24) is 10.2 Å². The summed E-state index contributed by atoms with van der Waals surface area (Å²) in [5, 5.41) is 2.81. The van der Waals surface area contributed by atoms with Gasteiger partial charge in [-0.2, -0.15) is 0 Å². The molecule has 0 fully saturated rings. The van der Waals surface area contributed by atoms with E-state index in [0.717, 1.165) is 12.3 Å². The first-order chi connectivity index (χ1) is 9.60. The van der Waals surface area contributed by atoms with Crippen LogP contribution in [0, 0.1) is 0 Å². The lowest BCUT2D eigenvalue weighted by atomic mass is 10.1. The van der Waals surface area contributed by atoms with E-state index in [9.17, 15) is 4.79 Å². The number of hydrogen-bond acceptors (Lipinski definition) is 4. The summed E-state index contributed by atoms with van der Waals surface area (Å²) in [5.41, 5.74) is 6.94. The Labute approximate surface area is 121 Å². The molecule has 1 aromatic carbocycles. The predicted octanol–water partition coefficient (Wildman–Crippen LogP) is 0.981. The average Bonchev–Trinajstić information content (AvgIpc) is 2.45. The van der Waals surface area contributed by atoms with E-state index >= 15 is 0 Å².